The fourth-order valence-electron chi connectivity index (χ4n) is 2.66. The van der Waals surface area contributed by atoms with Crippen LogP contribution in [0.25, 0.3) is 0 Å². The van der Waals surface area contributed by atoms with Crippen molar-refractivity contribution in [2.45, 2.75) is 33.5 Å². The molecule has 0 spiro atoms. The lowest BCUT2D eigenvalue weighted by molar-refractivity contribution is -0.0504. The molecule has 2 aromatic carbocycles. The summed E-state index contributed by atoms with van der Waals surface area (Å²) in [6.45, 7) is 2.53. The highest BCUT2D eigenvalue weighted by atomic mass is 127. The van der Waals surface area contributed by atoms with E-state index < -0.39 is 6.61 Å². The number of hydrogen-bond acceptors (Lipinski definition) is 3. The van der Waals surface area contributed by atoms with E-state index in [1.54, 1.807) is 24.3 Å². The van der Waals surface area contributed by atoms with Crippen molar-refractivity contribution in [1.82, 2.24) is 16.0 Å². The first-order chi connectivity index (χ1) is 14.4. The zero-order valence-corrected chi connectivity index (χ0v) is 20.3. The number of ether oxygens (including phenoxy) is 1. The number of guanidine groups is 1. The van der Waals surface area contributed by atoms with Crippen molar-refractivity contribution in [3.05, 3.63) is 64.2 Å². The van der Waals surface area contributed by atoms with Gasteiger partial charge in [0.15, 0.2) is 5.96 Å². The van der Waals surface area contributed by atoms with Crippen molar-refractivity contribution in [3.8, 4) is 5.75 Å². The van der Waals surface area contributed by atoms with E-state index in [1.165, 1.54) is 12.1 Å². The third-order valence-electron chi connectivity index (χ3n) is 3.98. The quantitative estimate of drug-likeness (QED) is 0.236. The van der Waals surface area contributed by atoms with Gasteiger partial charge in [-0.05, 0) is 49.7 Å². The van der Waals surface area contributed by atoms with Crippen LogP contribution in [0.2, 0.25) is 5.02 Å². The molecule has 0 aliphatic heterocycles. The van der Waals surface area contributed by atoms with E-state index >= 15 is 0 Å². The summed E-state index contributed by atoms with van der Waals surface area (Å²) >= 11 is 5.98. The van der Waals surface area contributed by atoms with Crippen molar-refractivity contribution < 1.29 is 18.3 Å². The predicted octanol–water partition coefficient (Wildman–Crippen LogP) is 4.56. The molecule has 1 amide bonds. The fourth-order valence-corrected chi connectivity index (χ4v) is 2.86. The van der Waals surface area contributed by atoms with E-state index in [4.69, 9.17) is 11.6 Å². The van der Waals surface area contributed by atoms with Gasteiger partial charge in [0.1, 0.15) is 5.75 Å². The summed E-state index contributed by atoms with van der Waals surface area (Å²) < 4.78 is 29.8. The summed E-state index contributed by atoms with van der Waals surface area (Å²) in [5.74, 6) is 0.400. The molecular weight excluding hydrogens is 541 g/mol. The third-order valence-corrected chi connectivity index (χ3v) is 4.21. The van der Waals surface area contributed by atoms with Gasteiger partial charge < -0.3 is 20.7 Å². The summed E-state index contributed by atoms with van der Waals surface area (Å²) in [7, 11) is 0. The second-order valence-electron chi connectivity index (χ2n) is 6.24. The molecule has 0 aromatic heterocycles. The monoisotopic (exact) mass is 566 g/mol. The van der Waals surface area contributed by atoms with Crippen LogP contribution in [0, 0.1) is 0 Å². The van der Waals surface area contributed by atoms with Crippen molar-refractivity contribution in [2.24, 2.45) is 4.99 Å². The molecule has 0 bridgehead atoms. The number of nitrogens with zero attached hydrogens (tertiary/aromatic N) is 1. The smallest absolute Gasteiger partial charge is 0.387 e. The maximum atomic E-state index is 12.6. The summed E-state index contributed by atoms with van der Waals surface area (Å²) in [5, 5.41) is 9.35. The SMILES string of the molecule is CCNC(=O)c1cccc(CN=C(NCC)NCc2cc(Cl)ccc2OC(F)F)c1.I. The van der Waals surface area contributed by atoms with Crippen molar-refractivity contribution in [3.63, 3.8) is 0 Å². The van der Waals surface area contributed by atoms with E-state index in [2.05, 4.69) is 25.7 Å². The number of amides is 1. The summed E-state index contributed by atoms with van der Waals surface area (Å²) in [4.78, 5) is 16.5. The van der Waals surface area contributed by atoms with Crippen LogP contribution in [0.4, 0.5) is 8.78 Å². The van der Waals surface area contributed by atoms with E-state index in [0.29, 0.717) is 41.7 Å². The molecule has 0 atom stereocenters. The Kier molecular flexibility index (Phi) is 12.2. The number of carbonyl (C=O) groups is 1. The molecule has 0 unspecified atom stereocenters. The van der Waals surface area contributed by atoms with Gasteiger partial charge in [0.05, 0.1) is 6.54 Å². The first-order valence-corrected chi connectivity index (χ1v) is 9.93. The molecular formula is C21H26ClF2IN4O2. The van der Waals surface area contributed by atoms with E-state index in [0.717, 1.165) is 5.56 Å². The molecule has 2 rings (SSSR count). The number of aliphatic imine (C=N–C) groups is 1. The molecule has 170 valence electrons. The average molecular weight is 567 g/mol. The van der Waals surface area contributed by atoms with Crippen LogP contribution >= 0.6 is 35.6 Å². The maximum absolute atomic E-state index is 12.6. The highest BCUT2D eigenvalue weighted by Crippen LogP contribution is 2.24. The molecule has 0 aliphatic rings. The first kappa shape index (κ1) is 26.9. The summed E-state index contributed by atoms with van der Waals surface area (Å²) in [6.07, 6.45) is 0. The Morgan fingerprint density at radius 1 is 1.10 bits per heavy atom. The van der Waals surface area contributed by atoms with Gasteiger partial charge >= 0.3 is 6.61 Å². The summed E-state index contributed by atoms with van der Waals surface area (Å²) in [5.41, 5.74) is 1.90. The van der Waals surface area contributed by atoms with Gasteiger partial charge in [-0.2, -0.15) is 8.78 Å². The molecule has 10 heteroatoms. The van der Waals surface area contributed by atoms with Gasteiger partial charge in [-0.3, -0.25) is 4.79 Å². The maximum Gasteiger partial charge on any atom is 0.387 e. The Morgan fingerprint density at radius 2 is 1.84 bits per heavy atom. The zero-order chi connectivity index (χ0) is 21.9. The molecule has 31 heavy (non-hydrogen) atoms. The van der Waals surface area contributed by atoms with Crippen LogP contribution in [0.1, 0.15) is 35.3 Å². The second-order valence-corrected chi connectivity index (χ2v) is 6.68. The van der Waals surface area contributed by atoms with Crippen molar-refractivity contribution in [1.29, 1.82) is 0 Å². The van der Waals surface area contributed by atoms with Crippen LogP contribution in [-0.2, 0) is 13.1 Å². The molecule has 3 N–H and O–H groups in total. The Morgan fingerprint density at radius 3 is 2.52 bits per heavy atom. The van der Waals surface area contributed by atoms with E-state index in [1.807, 2.05) is 19.9 Å². The highest BCUT2D eigenvalue weighted by molar-refractivity contribution is 14.0. The van der Waals surface area contributed by atoms with Crippen LogP contribution in [-0.4, -0.2) is 31.6 Å². The number of nitrogens with one attached hydrogen (secondary N) is 3. The van der Waals surface area contributed by atoms with Crippen LogP contribution in [0.5, 0.6) is 5.75 Å². The Bertz CT molecular complexity index is 884. The van der Waals surface area contributed by atoms with Gasteiger partial charge in [-0.1, -0.05) is 23.7 Å². The second kappa shape index (κ2) is 14.0. The molecule has 6 nitrogen and oxygen atoms in total. The lowest BCUT2D eigenvalue weighted by Crippen LogP contribution is -2.36. The standard InChI is InChI=1S/C21H25ClF2N4O2.HI/c1-3-25-19(29)15-7-5-6-14(10-15)12-27-21(26-4-2)28-13-16-11-17(22)8-9-18(16)30-20(23)24;/h5-11,20H,3-4,12-13H2,1-2H3,(H,25,29)(H2,26,27,28);1H. The van der Waals surface area contributed by atoms with Crippen molar-refractivity contribution in [2.75, 3.05) is 13.1 Å². The predicted molar refractivity (Wildman–Crippen MR) is 130 cm³/mol. The van der Waals surface area contributed by atoms with Gasteiger partial charge in [-0.25, -0.2) is 4.99 Å². The normalized spacial score (nSPS) is 11.0. The molecule has 0 heterocycles. The first-order valence-electron chi connectivity index (χ1n) is 9.55. The highest BCUT2D eigenvalue weighted by Gasteiger charge is 2.11. The van der Waals surface area contributed by atoms with E-state index in [-0.39, 0.29) is 42.2 Å². The number of hydrogen-bond donors (Lipinski definition) is 3. The van der Waals surface area contributed by atoms with Crippen LogP contribution < -0.4 is 20.7 Å². The molecule has 2 aromatic rings. The topological polar surface area (TPSA) is 74.8 Å². The molecule has 0 aliphatic carbocycles. The van der Waals surface area contributed by atoms with E-state index in [9.17, 15) is 13.6 Å². The number of rotatable bonds is 9. The largest absolute Gasteiger partial charge is 0.434 e. The molecule has 0 fully saturated rings. The number of benzene rings is 2. The Hall–Kier alpha value is -2.14. The van der Waals surface area contributed by atoms with Gasteiger partial charge in [0, 0.05) is 35.8 Å². The minimum atomic E-state index is -2.93. The minimum Gasteiger partial charge on any atom is -0.434 e. The van der Waals surface area contributed by atoms with Crippen LogP contribution in [0.15, 0.2) is 47.5 Å². The van der Waals surface area contributed by atoms with Crippen LogP contribution in [0.3, 0.4) is 0 Å². The molecule has 0 radical (unpaired) electrons. The summed E-state index contributed by atoms with van der Waals surface area (Å²) in [6, 6.07) is 11.7. The van der Waals surface area contributed by atoms with Gasteiger partial charge in [0.25, 0.3) is 5.91 Å². The van der Waals surface area contributed by atoms with Gasteiger partial charge in [0.2, 0.25) is 0 Å². The third kappa shape index (κ3) is 9.26. The lowest BCUT2D eigenvalue weighted by atomic mass is 10.1. The lowest BCUT2D eigenvalue weighted by Gasteiger charge is -2.15. The molecule has 0 saturated heterocycles. The van der Waals surface area contributed by atoms with Gasteiger partial charge in [-0.15, -0.1) is 24.0 Å². The number of carbonyl (C=O) groups excluding carboxylic acids is 1. The Balaban J connectivity index is 0.00000480. The van der Waals surface area contributed by atoms with Crippen molar-refractivity contribution >= 4 is 47.4 Å². The molecule has 0 saturated carbocycles. The average Bonchev–Trinajstić information content (AvgIpc) is 2.72. The zero-order valence-electron chi connectivity index (χ0n) is 17.3. The number of alkyl halides is 2. The minimum absolute atomic E-state index is 0. The fraction of sp³-hybridized carbons (Fsp3) is 0.333. The number of halogens is 4. The Labute approximate surface area is 202 Å².